The molecule has 0 aliphatic carbocycles. The van der Waals surface area contributed by atoms with E-state index in [1.807, 2.05) is 24.3 Å². The molecule has 1 aliphatic rings. The van der Waals surface area contributed by atoms with Crippen LogP contribution in [0.15, 0.2) is 53.5 Å². The zero-order chi connectivity index (χ0) is 19.1. The lowest BCUT2D eigenvalue weighted by Gasteiger charge is -2.34. The van der Waals surface area contributed by atoms with Crippen molar-refractivity contribution in [1.82, 2.24) is 10.6 Å². The first-order valence-electron chi connectivity index (χ1n) is 9.14. The Morgan fingerprint density at radius 3 is 2.70 bits per heavy atom. The van der Waals surface area contributed by atoms with Gasteiger partial charge in [0.15, 0.2) is 5.96 Å². The molecule has 1 saturated heterocycles. The largest absolute Gasteiger partial charge is 0.371 e. The summed E-state index contributed by atoms with van der Waals surface area (Å²) in [7, 11) is 1.75. The highest BCUT2D eigenvalue weighted by Gasteiger charge is 2.20. The second-order valence-corrected chi connectivity index (χ2v) is 6.62. The molecule has 0 saturated carbocycles. The van der Waals surface area contributed by atoms with E-state index in [0.29, 0.717) is 18.2 Å². The van der Waals surface area contributed by atoms with E-state index in [4.69, 9.17) is 5.26 Å². The fourth-order valence-electron chi connectivity index (χ4n) is 3.28. The van der Waals surface area contributed by atoms with Gasteiger partial charge in [0.2, 0.25) is 0 Å². The quantitative estimate of drug-likeness (QED) is 0.646. The molecule has 2 aromatic carbocycles. The van der Waals surface area contributed by atoms with Crippen LogP contribution in [0.3, 0.4) is 0 Å². The highest BCUT2D eigenvalue weighted by molar-refractivity contribution is 5.80. The van der Waals surface area contributed by atoms with Crippen molar-refractivity contribution in [1.29, 1.82) is 5.26 Å². The SMILES string of the molecule is CN=C(NCc1cccc(C#N)c1)NC1CCN(c2cccc(F)c2)CC1. The Morgan fingerprint density at radius 1 is 1.22 bits per heavy atom. The van der Waals surface area contributed by atoms with Gasteiger partial charge in [0.25, 0.3) is 0 Å². The Labute approximate surface area is 159 Å². The predicted octanol–water partition coefficient (Wildman–Crippen LogP) is 3.03. The van der Waals surface area contributed by atoms with Gasteiger partial charge in [-0.15, -0.1) is 0 Å². The number of hydrogen-bond donors (Lipinski definition) is 2. The van der Waals surface area contributed by atoms with E-state index in [1.54, 1.807) is 25.2 Å². The average molecular weight is 365 g/mol. The molecule has 1 fully saturated rings. The summed E-state index contributed by atoms with van der Waals surface area (Å²) in [4.78, 5) is 6.51. The molecule has 0 spiro atoms. The van der Waals surface area contributed by atoms with Gasteiger partial charge in [0, 0.05) is 38.4 Å². The third kappa shape index (κ3) is 5.20. The predicted molar refractivity (Wildman–Crippen MR) is 106 cm³/mol. The van der Waals surface area contributed by atoms with Crippen molar-refractivity contribution in [3.8, 4) is 6.07 Å². The number of piperidine rings is 1. The summed E-state index contributed by atoms with van der Waals surface area (Å²) in [6.45, 7) is 2.36. The minimum atomic E-state index is -0.196. The maximum Gasteiger partial charge on any atom is 0.191 e. The number of hydrogen-bond acceptors (Lipinski definition) is 3. The molecule has 0 atom stereocenters. The normalized spacial score (nSPS) is 15.3. The van der Waals surface area contributed by atoms with E-state index in [9.17, 15) is 4.39 Å². The van der Waals surface area contributed by atoms with E-state index in [-0.39, 0.29) is 5.82 Å². The maximum atomic E-state index is 13.4. The van der Waals surface area contributed by atoms with Crippen LogP contribution < -0.4 is 15.5 Å². The molecule has 0 amide bonds. The van der Waals surface area contributed by atoms with Crippen LogP contribution in [0.5, 0.6) is 0 Å². The smallest absolute Gasteiger partial charge is 0.191 e. The molecule has 0 bridgehead atoms. The molecule has 0 unspecified atom stereocenters. The Kier molecular flexibility index (Phi) is 6.26. The second kappa shape index (κ2) is 9.04. The summed E-state index contributed by atoms with van der Waals surface area (Å²) in [6, 6.07) is 16.8. The zero-order valence-electron chi connectivity index (χ0n) is 15.5. The number of benzene rings is 2. The lowest BCUT2D eigenvalue weighted by Crippen LogP contribution is -2.48. The van der Waals surface area contributed by atoms with Gasteiger partial charge in [0.05, 0.1) is 11.6 Å². The van der Waals surface area contributed by atoms with E-state index in [2.05, 4.69) is 26.6 Å². The molecular formula is C21H24FN5. The van der Waals surface area contributed by atoms with Gasteiger partial charge in [-0.25, -0.2) is 4.39 Å². The fourth-order valence-corrected chi connectivity index (χ4v) is 3.28. The van der Waals surface area contributed by atoms with Crippen molar-refractivity contribution in [2.24, 2.45) is 4.99 Å². The molecular weight excluding hydrogens is 341 g/mol. The van der Waals surface area contributed by atoms with Crippen LogP contribution in [0.1, 0.15) is 24.0 Å². The molecule has 1 heterocycles. The van der Waals surface area contributed by atoms with Crippen LogP contribution in [-0.2, 0) is 6.54 Å². The van der Waals surface area contributed by atoms with Gasteiger partial charge in [-0.1, -0.05) is 18.2 Å². The van der Waals surface area contributed by atoms with Crippen LogP contribution in [0.2, 0.25) is 0 Å². The molecule has 140 valence electrons. The summed E-state index contributed by atoms with van der Waals surface area (Å²) in [5.74, 6) is 0.555. The summed E-state index contributed by atoms with van der Waals surface area (Å²) in [6.07, 6.45) is 1.92. The van der Waals surface area contributed by atoms with Gasteiger partial charge in [0.1, 0.15) is 5.82 Å². The number of nitriles is 1. The Hall–Kier alpha value is -3.07. The van der Waals surface area contributed by atoms with E-state index >= 15 is 0 Å². The monoisotopic (exact) mass is 365 g/mol. The van der Waals surface area contributed by atoms with Crippen molar-refractivity contribution in [2.75, 3.05) is 25.0 Å². The molecule has 0 aromatic heterocycles. The number of anilines is 1. The van der Waals surface area contributed by atoms with E-state index in [0.717, 1.165) is 43.1 Å². The van der Waals surface area contributed by atoms with Crippen LogP contribution >= 0.6 is 0 Å². The third-order valence-electron chi connectivity index (χ3n) is 4.75. The summed E-state index contributed by atoms with van der Waals surface area (Å²) in [5.41, 5.74) is 2.63. The van der Waals surface area contributed by atoms with Crippen LogP contribution in [-0.4, -0.2) is 32.1 Å². The molecule has 3 rings (SSSR count). The Bertz CT molecular complexity index is 834. The first kappa shape index (κ1) is 18.7. The van der Waals surface area contributed by atoms with Gasteiger partial charge in [-0.2, -0.15) is 5.26 Å². The number of nitrogens with one attached hydrogen (secondary N) is 2. The van der Waals surface area contributed by atoms with Crippen molar-refractivity contribution in [3.05, 3.63) is 65.5 Å². The number of guanidine groups is 1. The number of nitrogens with zero attached hydrogens (tertiary/aromatic N) is 3. The summed E-state index contributed by atoms with van der Waals surface area (Å²) >= 11 is 0. The van der Waals surface area contributed by atoms with Crippen molar-refractivity contribution in [2.45, 2.75) is 25.4 Å². The van der Waals surface area contributed by atoms with Gasteiger partial charge in [-0.05, 0) is 48.7 Å². The van der Waals surface area contributed by atoms with Crippen molar-refractivity contribution >= 4 is 11.6 Å². The number of rotatable bonds is 4. The van der Waals surface area contributed by atoms with E-state index in [1.165, 1.54) is 6.07 Å². The molecule has 0 radical (unpaired) electrons. The number of aliphatic imine (C=N–C) groups is 1. The second-order valence-electron chi connectivity index (χ2n) is 6.62. The molecule has 27 heavy (non-hydrogen) atoms. The van der Waals surface area contributed by atoms with Gasteiger partial charge < -0.3 is 15.5 Å². The molecule has 1 aliphatic heterocycles. The molecule has 2 N–H and O–H groups in total. The third-order valence-corrected chi connectivity index (χ3v) is 4.75. The van der Waals surface area contributed by atoms with E-state index < -0.39 is 0 Å². The first-order valence-corrected chi connectivity index (χ1v) is 9.14. The lowest BCUT2D eigenvalue weighted by atomic mass is 10.0. The Balaban J connectivity index is 1.49. The number of halogens is 1. The standard InChI is InChI=1S/C21H24FN5/c1-24-21(25-15-17-5-2-4-16(12-17)14-23)26-19-8-10-27(11-9-19)20-7-3-6-18(22)13-20/h2-7,12-13,19H,8-11,15H2,1H3,(H2,24,25,26). The highest BCUT2D eigenvalue weighted by Crippen LogP contribution is 2.20. The zero-order valence-corrected chi connectivity index (χ0v) is 15.5. The molecule has 2 aromatic rings. The van der Waals surface area contributed by atoms with Gasteiger partial charge in [-0.3, -0.25) is 4.99 Å². The molecule has 6 heteroatoms. The first-order chi connectivity index (χ1) is 13.2. The maximum absolute atomic E-state index is 13.4. The topological polar surface area (TPSA) is 63.5 Å². The van der Waals surface area contributed by atoms with Crippen molar-refractivity contribution < 1.29 is 4.39 Å². The lowest BCUT2D eigenvalue weighted by molar-refractivity contribution is 0.461. The average Bonchev–Trinajstić information content (AvgIpc) is 2.71. The minimum absolute atomic E-state index is 0.196. The summed E-state index contributed by atoms with van der Waals surface area (Å²) in [5, 5.41) is 15.8. The van der Waals surface area contributed by atoms with Gasteiger partial charge >= 0.3 is 0 Å². The Morgan fingerprint density at radius 2 is 2.00 bits per heavy atom. The van der Waals surface area contributed by atoms with Crippen LogP contribution in [0.25, 0.3) is 0 Å². The fraction of sp³-hybridized carbons (Fsp3) is 0.333. The van der Waals surface area contributed by atoms with Crippen LogP contribution in [0.4, 0.5) is 10.1 Å². The summed E-state index contributed by atoms with van der Waals surface area (Å²) < 4.78 is 13.4. The van der Waals surface area contributed by atoms with Crippen molar-refractivity contribution in [3.63, 3.8) is 0 Å². The highest BCUT2D eigenvalue weighted by atomic mass is 19.1. The minimum Gasteiger partial charge on any atom is -0.371 e. The van der Waals surface area contributed by atoms with Crippen LogP contribution in [0, 0.1) is 17.1 Å². The molecule has 5 nitrogen and oxygen atoms in total.